The first-order valence-electron chi connectivity index (χ1n) is 8.50. The molecule has 140 valence electrons. The number of hydrogen-bond acceptors (Lipinski definition) is 4. The van der Waals surface area contributed by atoms with Crippen LogP contribution in [0, 0.1) is 5.92 Å². The minimum absolute atomic E-state index is 0.269. The summed E-state index contributed by atoms with van der Waals surface area (Å²) in [7, 11) is 0. The van der Waals surface area contributed by atoms with E-state index in [9.17, 15) is 13.6 Å². The van der Waals surface area contributed by atoms with Crippen LogP contribution >= 0.6 is 11.8 Å². The summed E-state index contributed by atoms with van der Waals surface area (Å²) in [6, 6.07) is 7.07. The quantitative estimate of drug-likeness (QED) is 0.734. The fraction of sp³-hybridized carbons (Fsp3) is 0.611. The third kappa shape index (κ3) is 6.72. The summed E-state index contributed by atoms with van der Waals surface area (Å²) in [5.74, 6) is -2.17. The van der Waals surface area contributed by atoms with Gasteiger partial charge in [-0.1, -0.05) is 23.9 Å². The fourth-order valence-electron chi connectivity index (χ4n) is 2.79. The van der Waals surface area contributed by atoms with Gasteiger partial charge in [-0.3, -0.25) is 0 Å². The molecule has 1 saturated heterocycles. The van der Waals surface area contributed by atoms with Crippen LogP contribution in [0.4, 0.5) is 19.3 Å². The Morgan fingerprint density at radius 1 is 1.40 bits per heavy atom. The van der Waals surface area contributed by atoms with Gasteiger partial charge in [0.1, 0.15) is 5.60 Å². The molecule has 0 aliphatic carbocycles. The molecular formula is C18H26F2N2O2S. The smallest absolute Gasteiger partial charge is 0.410 e. The van der Waals surface area contributed by atoms with Gasteiger partial charge in [-0.05, 0) is 51.7 Å². The summed E-state index contributed by atoms with van der Waals surface area (Å²) >= 11 is 0.543. The number of para-hydroxylation sites is 1. The Bertz CT molecular complexity index is 578. The molecule has 2 rings (SSSR count). The number of amides is 1. The Morgan fingerprint density at radius 3 is 2.80 bits per heavy atom. The molecule has 25 heavy (non-hydrogen) atoms. The van der Waals surface area contributed by atoms with Gasteiger partial charge in [-0.25, -0.2) is 4.79 Å². The van der Waals surface area contributed by atoms with Crippen LogP contribution in [0.25, 0.3) is 0 Å². The molecule has 0 bridgehead atoms. The van der Waals surface area contributed by atoms with Gasteiger partial charge in [-0.2, -0.15) is 8.78 Å². The Kier molecular flexibility index (Phi) is 6.93. The lowest BCUT2D eigenvalue weighted by atomic mass is 9.98. The molecule has 0 spiro atoms. The van der Waals surface area contributed by atoms with Gasteiger partial charge in [0.15, 0.2) is 0 Å². The first-order chi connectivity index (χ1) is 11.7. The molecule has 1 amide bonds. The van der Waals surface area contributed by atoms with Gasteiger partial charge >= 0.3 is 6.09 Å². The summed E-state index contributed by atoms with van der Waals surface area (Å²) in [6.07, 6.45) is 1.63. The van der Waals surface area contributed by atoms with Crippen LogP contribution < -0.4 is 5.32 Å². The summed E-state index contributed by atoms with van der Waals surface area (Å²) in [5, 5.41) is 3.26. The molecule has 4 nitrogen and oxygen atoms in total. The van der Waals surface area contributed by atoms with E-state index in [1.54, 1.807) is 23.1 Å². The number of nitrogens with one attached hydrogen (secondary N) is 1. The molecule has 7 heteroatoms. The normalized spacial score (nSPS) is 18.3. The van der Waals surface area contributed by atoms with E-state index in [-0.39, 0.29) is 12.0 Å². The highest BCUT2D eigenvalue weighted by atomic mass is 32.2. The van der Waals surface area contributed by atoms with E-state index in [1.165, 1.54) is 0 Å². The maximum absolute atomic E-state index is 12.6. The molecule has 1 aromatic rings. The van der Waals surface area contributed by atoms with Crippen LogP contribution in [0.5, 0.6) is 0 Å². The lowest BCUT2D eigenvalue weighted by molar-refractivity contribution is 0.0172. The second-order valence-electron chi connectivity index (χ2n) is 7.19. The number of hydrogen-bond donors (Lipinski definition) is 1. The predicted octanol–water partition coefficient (Wildman–Crippen LogP) is 5.06. The maximum atomic E-state index is 12.6. The highest BCUT2D eigenvalue weighted by molar-refractivity contribution is 7.99. The number of carbonyl (C=O) groups is 1. The van der Waals surface area contributed by atoms with Crippen molar-refractivity contribution in [1.82, 2.24) is 4.90 Å². The number of alkyl halides is 2. The molecule has 0 saturated carbocycles. The van der Waals surface area contributed by atoms with Crippen molar-refractivity contribution in [2.75, 3.05) is 25.0 Å². The second kappa shape index (κ2) is 8.74. The lowest BCUT2D eigenvalue weighted by Gasteiger charge is -2.34. The SMILES string of the molecule is CC(C)(C)OC(=O)N1CCCC(CNc2ccccc2SC(F)F)C1. The molecule has 1 atom stereocenters. The van der Waals surface area contributed by atoms with E-state index in [4.69, 9.17) is 4.74 Å². The average molecular weight is 372 g/mol. The number of rotatable bonds is 5. The summed E-state index contributed by atoms with van der Waals surface area (Å²) < 4.78 is 30.7. The van der Waals surface area contributed by atoms with Crippen molar-refractivity contribution >= 4 is 23.5 Å². The van der Waals surface area contributed by atoms with Crippen LogP contribution in [0.1, 0.15) is 33.6 Å². The molecule has 0 aromatic heterocycles. The largest absolute Gasteiger partial charge is 0.444 e. The number of thioether (sulfide) groups is 1. The number of halogens is 2. The summed E-state index contributed by atoms with van der Waals surface area (Å²) in [4.78, 5) is 14.5. The van der Waals surface area contributed by atoms with Gasteiger partial charge in [0.2, 0.25) is 0 Å². The van der Waals surface area contributed by atoms with Gasteiger partial charge in [-0.15, -0.1) is 0 Å². The highest BCUT2D eigenvalue weighted by Gasteiger charge is 2.27. The van der Waals surface area contributed by atoms with Crippen molar-refractivity contribution < 1.29 is 18.3 Å². The number of piperidine rings is 1. The Labute approximate surface area is 152 Å². The third-order valence-corrected chi connectivity index (χ3v) is 4.64. The highest BCUT2D eigenvalue weighted by Crippen LogP contribution is 2.32. The van der Waals surface area contributed by atoms with Gasteiger partial charge in [0.05, 0.1) is 0 Å². The van der Waals surface area contributed by atoms with Crippen molar-refractivity contribution in [3.63, 3.8) is 0 Å². The zero-order chi connectivity index (χ0) is 18.4. The number of likely N-dealkylation sites (tertiary alicyclic amines) is 1. The minimum atomic E-state index is -2.44. The zero-order valence-corrected chi connectivity index (χ0v) is 15.7. The molecule has 0 radical (unpaired) electrons. The minimum Gasteiger partial charge on any atom is -0.444 e. The van der Waals surface area contributed by atoms with Crippen LogP contribution in [0.2, 0.25) is 0 Å². The van der Waals surface area contributed by atoms with E-state index in [2.05, 4.69) is 5.32 Å². The number of carbonyl (C=O) groups excluding carboxylic acids is 1. The van der Waals surface area contributed by atoms with Crippen LogP contribution in [0.15, 0.2) is 29.2 Å². The Morgan fingerprint density at radius 2 is 2.12 bits per heavy atom. The first kappa shape index (κ1) is 19.8. The average Bonchev–Trinajstić information content (AvgIpc) is 2.52. The number of anilines is 1. The van der Waals surface area contributed by atoms with E-state index >= 15 is 0 Å². The molecule has 1 fully saturated rings. The van der Waals surface area contributed by atoms with Crippen LogP contribution in [-0.2, 0) is 4.74 Å². The van der Waals surface area contributed by atoms with E-state index in [0.29, 0.717) is 42.0 Å². The maximum Gasteiger partial charge on any atom is 0.410 e. The first-order valence-corrected chi connectivity index (χ1v) is 9.38. The zero-order valence-electron chi connectivity index (χ0n) is 14.9. The van der Waals surface area contributed by atoms with E-state index < -0.39 is 11.4 Å². The number of benzene rings is 1. The molecule has 1 aliphatic rings. The van der Waals surface area contributed by atoms with Crippen molar-refractivity contribution in [2.45, 2.75) is 49.9 Å². The number of ether oxygens (including phenoxy) is 1. The summed E-state index contributed by atoms with van der Waals surface area (Å²) in [5.41, 5.74) is 0.204. The lowest BCUT2D eigenvalue weighted by Crippen LogP contribution is -2.44. The molecule has 1 heterocycles. The van der Waals surface area contributed by atoms with Gasteiger partial charge in [0.25, 0.3) is 5.76 Å². The summed E-state index contributed by atoms with van der Waals surface area (Å²) in [6.45, 7) is 7.51. The van der Waals surface area contributed by atoms with E-state index in [0.717, 1.165) is 12.8 Å². The van der Waals surface area contributed by atoms with Crippen molar-refractivity contribution in [3.05, 3.63) is 24.3 Å². The number of nitrogens with zero attached hydrogens (tertiary/aromatic N) is 1. The van der Waals surface area contributed by atoms with Crippen molar-refractivity contribution in [2.24, 2.45) is 5.92 Å². The molecule has 1 aliphatic heterocycles. The standard InChI is InChI=1S/C18H26F2N2O2S/c1-18(2,3)24-17(23)22-10-6-7-13(12-22)11-21-14-8-4-5-9-15(14)25-16(19)20/h4-5,8-9,13,16,21H,6-7,10-12H2,1-3H3. The molecular weight excluding hydrogens is 346 g/mol. The Balaban J connectivity index is 1.90. The molecule has 1 unspecified atom stereocenters. The second-order valence-corrected chi connectivity index (χ2v) is 8.22. The monoisotopic (exact) mass is 372 g/mol. The van der Waals surface area contributed by atoms with Crippen molar-refractivity contribution in [1.29, 1.82) is 0 Å². The van der Waals surface area contributed by atoms with Gasteiger partial charge < -0.3 is 15.0 Å². The molecule has 1 N–H and O–H groups in total. The predicted molar refractivity (Wildman–Crippen MR) is 97.3 cm³/mol. The molecule has 1 aromatic carbocycles. The topological polar surface area (TPSA) is 41.6 Å². The third-order valence-electron chi connectivity index (χ3n) is 3.85. The fourth-order valence-corrected chi connectivity index (χ4v) is 3.41. The van der Waals surface area contributed by atoms with Gasteiger partial charge in [0, 0.05) is 30.2 Å². The van der Waals surface area contributed by atoms with Crippen LogP contribution in [0.3, 0.4) is 0 Å². The van der Waals surface area contributed by atoms with Crippen LogP contribution in [-0.4, -0.2) is 42.0 Å². The Hall–Kier alpha value is -1.50. The van der Waals surface area contributed by atoms with Crippen molar-refractivity contribution in [3.8, 4) is 0 Å². The van der Waals surface area contributed by atoms with E-state index in [1.807, 2.05) is 26.8 Å².